The highest BCUT2D eigenvalue weighted by Crippen LogP contribution is 2.22. The largest absolute Gasteiger partial charge is 0.328 e. The standard InChI is InChI=1S/C17H23N3O2S/c18-15-8-11-20(12-9-15)13-10-19-23(21,22)17-7-3-5-14-4-1-2-6-16(14)17/h1-7,15,19H,8-13,18H2. The molecule has 3 N–H and O–H groups in total. The molecule has 0 radical (unpaired) electrons. The predicted molar refractivity (Wildman–Crippen MR) is 92.8 cm³/mol. The van der Waals surface area contributed by atoms with Crippen molar-refractivity contribution in [2.45, 2.75) is 23.8 Å². The maximum absolute atomic E-state index is 12.6. The number of hydrogen-bond acceptors (Lipinski definition) is 4. The van der Waals surface area contributed by atoms with E-state index in [2.05, 4.69) is 9.62 Å². The molecule has 0 atom stereocenters. The van der Waals surface area contributed by atoms with Gasteiger partial charge in [0.15, 0.2) is 0 Å². The van der Waals surface area contributed by atoms with E-state index in [0.29, 0.717) is 17.5 Å². The molecule has 2 aromatic rings. The molecule has 1 aliphatic rings. The van der Waals surface area contributed by atoms with E-state index in [1.165, 1.54) is 0 Å². The molecule has 124 valence electrons. The smallest absolute Gasteiger partial charge is 0.241 e. The maximum atomic E-state index is 12.6. The molecule has 5 nitrogen and oxygen atoms in total. The SMILES string of the molecule is NC1CCN(CCNS(=O)(=O)c2cccc3ccccc23)CC1. The molecule has 1 aliphatic heterocycles. The summed E-state index contributed by atoms with van der Waals surface area (Å²) in [5, 5.41) is 1.69. The molecule has 23 heavy (non-hydrogen) atoms. The van der Waals surface area contributed by atoms with Crippen molar-refractivity contribution in [2.24, 2.45) is 5.73 Å². The monoisotopic (exact) mass is 333 g/mol. The number of nitrogens with zero attached hydrogens (tertiary/aromatic N) is 1. The Morgan fingerprint density at radius 2 is 1.78 bits per heavy atom. The van der Waals surface area contributed by atoms with Gasteiger partial charge in [0.2, 0.25) is 10.0 Å². The van der Waals surface area contributed by atoms with Crippen LogP contribution in [0.1, 0.15) is 12.8 Å². The Bertz CT molecular complexity index is 763. The Labute approximate surface area is 137 Å². The number of likely N-dealkylation sites (tertiary alicyclic amines) is 1. The Morgan fingerprint density at radius 3 is 2.57 bits per heavy atom. The fraction of sp³-hybridized carbons (Fsp3) is 0.412. The molecule has 1 heterocycles. The van der Waals surface area contributed by atoms with Gasteiger partial charge in [-0.15, -0.1) is 0 Å². The lowest BCUT2D eigenvalue weighted by atomic mass is 10.1. The second-order valence-corrected chi connectivity index (χ2v) is 7.79. The van der Waals surface area contributed by atoms with Gasteiger partial charge < -0.3 is 10.6 Å². The molecule has 0 aromatic heterocycles. The van der Waals surface area contributed by atoms with E-state index >= 15 is 0 Å². The Morgan fingerprint density at radius 1 is 1.09 bits per heavy atom. The minimum absolute atomic E-state index is 0.290. The van der Waals surface area contributed by atoms with Crippen LogP contribution in [0, 0.1) is 0 Å². The molecule has 1 fully saturated rings. The van der Waals surface area contributed by atoms with Gasteiger partial charge >= 0.3 is 0 Å². The number of rotatable bonds is 5. The van der Waals surface area contributed by atoms with Crippen LogP contribution in [0.25, 0.3) is 10.8 Å². The van der Waals surface area contributed by atoms with E-state index in [1.54, 1.807) is 12.1 Å². The van der Waals surface area contributed by atoms with Gasteiger partial charge in [-0.05, 0) is 37.4 Å². The average Bonchev–Trinajstić information content (AvgIpc) is 2.56. The normalized spacial score (nSPS) is 17.6. The van der Waals surface area contributed by atoms with Crippen molar-refractivity contribution in [3.05, 3.63) is 42.5 Å². The first kappa shape index (κ1) is 16.4. The summed E-state index contributed by atoms with van der Waals surface area (Å²) in [6.45, 7) is 3.02. The highest BCUT2D eigenvalue weighted by molar-refractivity contribution is 7.89. The first-order chi connectivity index (χ1) is 11.1. The number of hydrogen-bond donors (Lipinski definition) is 2. The zero-order chi connectivity index (χ0) is 16.3. The quantitative estimate of drug-likeness (QED) is 0.870. The lowest BCUT2D eigenvalue weighted by Gasteiger charge is -2.29. The van der Waals surface area contributed by atoms with Crippen LogP contribution in [0.4, 0.5) is 0 Å². The predicted octanol–water partition coefficient (Wildman–Crippen LogP) is 1.54. The summed E-state index contributed by atoms with van der Waals surface area (Å²) >= 11 is 0. The molecule has 0 spiro atoms. The average molecular weight is 333 g/mol. The third-order valence-electron chi connectivity index (χ3n) is 4.39. The molecule has 6 heteroatoms. The molecule has 0 saturated carbocycles. The van der Waals surface area contributed by atoms with Crippen molar-refractivity contribution in [1.29, 1.82) is 0 Å². The van der Waals surface area contributed by atoms with Crippen molar-refractivity contribution in [3.8, 4) is 0 Å². The first-order valence-electron chi connectivity index (χ1n) is 8.02. The lowest BCUT2D eigenvalue weighted by Crippen LogP contribution is -2.43. The molecule has 1 saturated heterocycles. The zero-order valence-corrected chi connectivity index (χ0v) is 13.9. The molecule has 0 bridgehead atoms. The van der Waals surface area contributed by atoms with Crippen LogP contribution in [-0.4, -0.2) is 45.5 Å². The molecule has 0 aliphatic carbocycles. The summed E-state index contributed by atoms with van der Waals surface area (Å²) in [5.74, 6) is 0. The number of nitrogens with two attached hydrogens (primary N) is 1. The summed E-state index contributed by atoms with van der Waals surface area (Å²) < 4.78 is 27.9. The Kier molecular flexibility index (Phi) is 4.96. The molecule has 3 rings (SSSR count). The van der Waals surface area contributed by atoms with Crippen molar-refractivity contribution in [3.63, 3.8) is 0 Å². The van der Waals surface area contributed by atoms with Gasteiger partial charge in [0.25, 0.3) is 0 Å². The van der Waals surface area contributed by atoms with Crippen LogP contribution in [0.15, 0.2) is 47.4 Å². The molecule has 2 aromatic carbocycles. The summed E-state index contributed by atoms with van der Waals surface area (Å²) in [4.78, 5) is 2.60. The van der Waals surface area contributed by atoms with Crippen LogP contribution in [-0.2, 0) is 10.0 Å². The summed E-state index contributed by atoms with van der Waals surface area (Å²) in [5.41, 5.74) is 5.89. The van der Waals surface area contributed by atoms with E-state index in [-0.39, 0.29) is 0 Å². The van der Waals surface area contributed by atoms with E-state index in [4.69, 9.17) is 5.73 Å². The zero-order valence-electron chi connectivity index (χ0n) is 13.1. The Balaban J connectivity index is 1.67. The minimum Gasteiger partial charge on any atom is -0.328 e. The van der Waals surface area contributed by atoms with Crippen LogP contribution in [0.3, 0.4) is 0 Å². The van der Waals surface area contributed by atoms with E-state index in [1.807, 2.05) is 30.3 Å². The number of benzene rings is 2. The molecule has 0 unspecified atom stereocenters. The van der Waals surface area contributed by atoms with Crippen LogP contribution < -0.4 is 10.5 Å². The third kappa shape index (κ3) is 3.90. The fourth-order valence-electron chi connectivity index (χ4n) is 3.02. The highest BCUT2D eigenvalue weighted by Gasteiger charge is 2.19. The van der Waals surface area contributed by atoms with Gasteiger partial charge in [0, 0.05) is 24.5 Å². The second-order valence-electron chi connectivity index (χ2n) is 6.05. The van der Waals surface area contributed by atoms with E-state index < -0.39 is 10.0 Å². The number of nitrogens with one attached hydrogen (secondary N) is 1. The fourth-order valence-corrected chi connectivity index (χ4v) is 4.27. The lowest BCUT2D eigenvalue weighted by molar-refractivity contribution is 0.217. The number of fused-ring (bicyclic) bond motifs is 1. The van der Waals surface area contributed by atoms with Crippen molar-refractivity contribution < 1.29 is 8.42 Å². The van der Waals surface area contributed by atoms with Crippen molar-refractivity contribution in [1.82, 2.24) is 9.62 Å². The van der Waals surface area contributed by atoms with Crippen molar-refractivity contribution in [2.75, 3.05) is 26.2 Å². The minimum atomic E-state index is -3.50. The van der Waals surface area contributed by atoms with E-state index in [9.17, 15) is 8.42 Å². The van der Waals surface area contributed by atoms with Crippen LogP contribution >= 0.6 is 0 Å². The summed E-state index contributed by atoms with van der Waals surface area (Å²) in [7, 11) is -3.50. The third-order valence-corrected chi connectivity index (χ3v) is 5.91. The topological polar surface area (TPSA) is 75.4 Å². The van der Waals surface area contributed by atoms with Gasteiger partial charge in [-0.1, -0.05) is 36.4 Å². The maximum Gasteiger partial charge on any atom is 0.241 e. The highest BCUT2D eigenvalue weighted by atomic mass is 32.2. The number of piperidine rings is 1. The second kappa shape index (κ2) is 6.97. The van der Waals surface area contributed by atoms with Gasteiger partial charge in [-0.25, -0.2) is 13.1 Å². The molecular weight excluding hydrogens is 310 g/mol. The van der Waals surface area contributed by atoms with Crippen LogP contribution in [0.2, 0.25) is 0 Å². The van der Waals surface area contributed by atoms with Gasteiger partial charge in [0.1, 0.15) is 0 Å². The summed E-state index contributed by atoms with van der Waals surface area (Å²) in [6, 6.07) is 13.2. The van der Waals surface area contributed by atoms with Gasteiger partial charge in [-0.3, -0.25) is 0 Å². The van der Waals surface area contributed by atoms with Gasteiger partial charge in [-0.2, -0.15) is 0 Å². The molecule has 0 amide bonds. The van der Waals surface area contributed by atoms with Crippen LogP contribution in [0.5, 0.6) is 0 Å². The van der Waals surface area contributed by atoms with Crippen molar-refractivity contribution >= 4 is 20.8 Å². The summed E-state index contributed by atoms with van der Waals surface area (Å²) in [6.07, 6.45) is 1.96. The van der Waals surface area contributed by atoms with E-state index in [0.717, 1.165) is 43.2 Å². The first-order valence-corrected chi connectivity index (χ1v) is 9.50. The Hall–Kier alpha value is -1.47. The number of sulfonamides is 1. The van der Waals surface area contributed by atoms with Gasteiger partial charge in [0.05, 0.1) is 4.90 Å². The molecular formula is C17H23N3O2S.